The summed E-state index contributed by atoms with van der Waals surface area (Å²) in [4.78, 5) is 21.7. The zero-order chi connectivity index (χ0) is 22.9. The van der Waals surface area contributed by atoms with Gasteiger partial charge in [-0.15, -0.1) is 0 Å². The molecule has 0 saturated carbocycles. The number of esters is 1. The Morgan fingerprint density at radius 2 is 1.84 bits per heavy atom. The second kappa shape index (κ2) is 9.00. The second-order valence-corrected chi connectivity index (χ2v) is 9.10. The molecule has 32 heavy (non-hydrogen) atoms. The number of aliphatic hydroxyl groups is 1. The van der Waals surface area contributed by atoms with Crippen LogP contribution in [0, 0.1) is 0 Å². The Morgan fingerprint density at radius 3 is 2.44 bits per heavy atom. The predicted molar refractivity (Wildman–Crippen MR) is 129 cm³/mol. The van der Waals surface area contributed by atoms with Crippen LogP contribution in [0.25, 0.3) is 0 Å². The summed E-state index contributed by atoms with van der Waals surface area (Å²) in [5.74, 6) is -1.40. The zero-order valence-electron chi connectivity index (χ0n) is 18.9. The lowest BCUT2D eigenvalue weighted by Gasteiger charge is -2.50. The third-order valence-electron chi connectivity index (χ3n) is 5.72. The zero-order valence-corrected chi connectivity index (χ0v) is 19.7. The number of fused-ring (bicyclic) bond motifs is 1. The normalized spacial score (nSPS) is 22.6. The summed E-state index contributed by atoms with van der Waals surface area (Å²) in [5, 5.41) is 13.0. The topological polar surface area (TPSA) is 65.4 Å². The van der Waals surface area contributed by atoms with E-state index >= 15 is 0 Å². The van der Waals surface area contributed by atoms with Gasteiger partial charge in [0.15, 0.2) is 5.17 Å². The van der Waals surface area contributed by atoms with Crippen molar-refractivity contribution in [3.8, 4) is 0 Å². The summed E-state index contributed by atoms with van der Waals surface area (Å²) in [6, 6.07) is 19.1. The fraction of sp³-hybridized carbons (Fsp3) is 0.360. The fourth-order valence-corrected chi connectivity index (χ4v) is 5.69. The Morgan fingerprint density at radius 1 is 1.22 bits per heavy atom. The molecule has 2 aromatic carbocycles. The molecule has 1 saturated heterocycles. The summed E-state index contributed by atoms with van der Waals surface area (Å²) in [6.07, 6.45) is 0. The van der Waals surface area contributed by atoms with Crippen LogP contribution in [0.1, 0.15) is 39.3 Å². The average Bonchev–Trinajstić information content (AvgIpc) is 3.10. The van der Waals surface area contributed by atoms with Gasteiger partial charge in [0.1, 0.15) is 0 Å². The Bertz CT molecular complexity index is 1040. The van der Waals surface area contributed by atoms with E-state index in [0.717, 1.165) is 11.3 Å². The summed E-state index contributed by atoms with van der Waals surface area (Å²) in [5.41, 5.74) is 2.89. The van der Waals surface area contributed by atoms with Gasteiger partial charge in [0.05, 0.1) is 29.7 Å². The maximum absolute atomic E-state index is 13.1. The number of para-hydroxylation sites is 1. The van der Waals surface area contributed by atoms with E-state index in [0.29, 0.717) is 22.2 Å². The molecule has 168 valence electrons. The quantitative estimate of drug-likeness (QED) is 0.514. The number of benzene rings is 2. The predicted octanol–water partition coefficient (Wildman–Crippen LogP) is 4.54. The number of thioether (sulfide) groups is 1. The van der Waals surface area contributed by atoms with Crippen LogP contribution in [0.2, 0.25) is 0 Å². The molecule has 2 heterocycles. The van der Waals surface area contributed by atoms with Gasteiger partial charge in [-0.05, 0) is 45.4 Å². The van der Waals surface area contributed by atoms with Gasteiger partial charge in [0.25, 0.3) is 0 Å². The Labute approximate surface area is 193 Å². The van der Waals surface area contributed by atoms with Gasteiger partial charge in [-0.3, -0.25) is 4.90 Å². The van der Waals surface area contributed by atoms with Gasteiger partial charge in [-0.25, -0.2) is 9.79 Å². The van der Waals surface area contributed by atoms with E-state index in [1.165, 1.54) is 11.8 Å². The molecule has 0 radical (unpaired) electrons. The highest BCUT2D eigenvalue weighted by atomic mass is 32.2. The molecule has 2 aliphatic heterocycles. The molecule has 0 aliphatic carbocycles. The minimum Gasteiger partial charge on any atom is -0.463 e. The number of hydrogen-bond donors (Lipinski definition) is 1. The van der Waals surface area contributed by atoms with Crippen molar-refractivity contribution in [2.24, 2.45) is 4.99 Å². The molecule has 0 spiro atoms. The largest absolute Gasteiger partial charge is 0.463 e. The molecule has 2 aromatic rings. The van der Waals surface area contributed by atoms with E-state index in [4.69, 9.17) is 9.73 Å². The van der Waals surface area contributed by atoms with Crippen LogP contribution in [0.15, 0.2) is 76.9 Å². The summed E-state index contributed by atoms with van der Waals surface area (Å²) < 4.78 is 5.42. The molecule has 7 heteroatoms. The molecule has 1 fully saturated rings. The molecule has 0 unspecified atom stereocenters. The monoisotopic (exact) mass is 451 g/mol. The van der Waals surface area contributed by atoms with Gasteiger partial charge < -0.3 is 14.7 Å². The van der Waals surface area contributed by atoms with Crippen LogP contribution >= 0.6 is 11.8 Å². The van der Waals surface area contributed by atoms with E-state index in [1.54, 1.807) is 6.92 Å². The fourth-order valence-electron chi connectivity index (χ4n) is 4.50. The van der Waals surface area contributed by atoms with Crippen molar-refractivity contribution in [2.75, 3.05) is 17.3 Å². The highest BCUT2D eigenvalue weighted by Gasteiger charge is 2.55. The van der Waals surface area contributed by atoms with E-state index in [-0.39, 0.29) is 12.6 Å². The number of hydrogen-bond acceptors (Lipinski definition) is 7. The molecule has 2 atom stereocenters. The minimum absolute atomic E-state index is 0.00294. The van der Waals surface area contributed by atoms with Crippen molar-refractivity contribution in [1.82, 2.24) is 4.90 Å². The molecular formula is C25H29N3O3S. The first-order valence-electron chi connectivity index (χ1n) is 10.9. The highest BCUT2D eigenvalue weighted by molar-refractivity contribution is 8.14. The molecule has 2 aliphatic rings. The number of anilines is 1. The van der Waals surface area contributed by atoms with Crippen LogP contribution in [-0.2, 0) is 9.53 Å². The van der Waals surface area contributed by atoms with Crippen molar-refractivity contribution in [1.29, 1.82) is 0 Å². The van der Waals surface area contributed by atoms with E-state index in [2.05, 4.69) is 13.8 Å². The lowest BCUT2D eigenvalue weighted by Crippen LogP contribution is -2.64. The maximum Gasteiger partial charge on any atom is 0.338 e. The van der Waals surface area contributed by atoms with E-state index in [9.17, 15) is 9.90 Å². The standard InChI is InChI=1S/C25H29N3O3S/c1-5-31-23(29)21-18(4)26-24-28(22(21)19-12-8-6-9-13-19)25(30,16-32-24)27(17(2)3)20-14-10-7-11-15-20/h6-15,17,22,30H,5,16H2,1-4H3/t22-,25+/m1/s1. The number of ether oxygens (including phenoxy) is 1. The van der Waals surface area contributed by atoms with Crippen LogP contribution in [0.3, 0.4) is 0 Å². The Balaban J connectivity index is 1.89. The Kier molecular flexibility index (Phi) is 6.31. The lowest BCUT2D eigenvalue weighted by molar-refractivity contribution is -0.140. The smallest absolute Gasteiger partial charge is 0.338 e. The Hall–Kier alpha value is -2.77. The van der Waals surface area contributed by atoms with Gasteiger partial charge in [0.2, 0.25) is 5.85 Å². The molecule has 6 nitrogen and oxygen atoms in total. The SMILES string of the molecule is CCOC(=O)C1=C(C)N=C2SC[C@](O)(N(c3ccccc3)C(C)C)N2[C@@H]1c1ccccc1. The van der Waals surface area contributed by atoms with Crippen LogP contribution in [0.4, 0.5) is 5.69 Å². The van der Waals surface area contributed by atoms with Crippen molar-refractivity contribution in [3.05, 3.63) is 77.5 Å². The van der Waals surface area contributed by atoms with E-state index < -0.39 is 17.9 Å². The average molecular weight is 452 g/mol. The number of carbonyl (C=O) groups is 1. The molecule has 0 bridgehead atoms. The second-order valence-electron chi connectivity index (χ2n) is 8.16. The molecular weight excluding hydrogens is 422 g/mol. The van der Waals surface area contributed by atoms with Gasteiger partial charge in [-0.2, -0.15) is 0 Å². The summed E-state index contributed by atoms with van der Waals surface area (Å²) in [6.45, 7) is 8.01. The maximum atomic E-state index is 13.1. The third kappa shape index (κ3) is 3.80. The molecule has 0 amide bonds. The molecule has 0 aromatic heterocycles. The van der Waals surface area contributed by atoms with Crippen molar-refractivity contribution >= 4 is 28.6 Å². The lowest BCUT2D eigenvalue weighted by atomic mass is 9.93. The first-order valence-corrected chi connectivity index (χ1v) is 11.9. The van der Waals surface area contributed by atoms with Gasteiger partial charge in [0, 0.05) is 11.7 Å². The highest BCUT2D eigenvalue weighted by Crippen LogP contribution is 2.48. The van der Waals surface area contributed by atoms with Crippen LogP contribution in [0.5, 0.6) is 0 Å². The van der Waals surface area contributed by atoms with Crippen LogP contribution < -0.4 is 4.90 Å². The third-order valence-corrected chi connectivity index (χ3v) is 6.80. The van der Waals surface area contributed by atoms with Crippen molar-refractivity contribution in [3.63, 3.8) is 0 Å². The van der Waals surface area contributed by atoms with Crippen LogP contribution in [-0.4, -0.2) is 45.4 Å². The van der Waals surface area contributed by atoms with Crippen molar-refractivity contribution < 1.29 is 14.6 Å². The molecule has 1 N–H and O–H groups in total. The first-order chi connectivity index (χ1) is 15.4. The summed E-state index contributed by atoms with van der Waals surface area (Å²) in [7, 11) is 0. The number of aliphatic imine (C=N–C) groups is 1. The minimum atomic E-state index is -1.39. The van der Waals surface area contributed by atoms with Gasteiger partial charge >= 0.3 is 5.97 Å². The number of carbonyl (C=O) groups excluding carboxylic acids is 1. The number of allylic oxidation sites excluding steroid dienone is 1. The number of nitrogens with zero attached hydrogens (tertiary/aromatic N) is 3. The van der Waals surface area contributed by atoms with E-state index in [1.807, 2.05) is 77.4 Å². The molecule has 4 rings (SSSR count). The number of amidine groups is 1. The number of rotatable bonds is 6. The van der Waals surface area contributed by atoms with Crippen molar-refractivity contribution in [2.45, 2.75) is 45.6 Å². The summed E-state index contributed by atoms with van der Waals surface area (Å²) >= 11 is 1.50. The van der Waals surface area contributed by atoms with Gasteiger partial charge in [-0.1, -0.05) is 60.3 Å². The first kappa shape index (κ1) is 22.4.